The van der Waals surface area contributed by atoms with Gasteiger partial charge >= 0.3 is 0 Å². The normalized spacial score (nSPS) is 10.7. The van der Waals surface area contributed by atoms with Crippen LogP contribution in [-0.4, -0.2) is 23.2 Å². The molecule has 1 aromatic heterocycles. The summed E-state index contributed by atoms with van der Waals surface area (Å²) in [5.74, 6) is 2.02. The van der Waals surface area contributed by atoms with Crippen molar-refractivity contribution in [1.82, 2.24) is 14.9 Å². The molecule has 1 N–H and O–H groups in total. The molecule has 108 valence electrons. The monoisotopic (exact) mass is 273 g/mol. The van der Waals surface area contributed by atoms with Crippen LogP contribution in [0.4, 0.5) is 0 Å². The third-order valence-electron chi connectivity index (χ3n) is 3.30. The third-order valence-corrected chi connectivity index (χ3v) is 3.30. The maximum absolute atomic E-state index is 5.15. The second-order valence-corrected chi connectivity index (χ2v) is 4.81. The highest BCUT2D eigenvalue weighted by Crippen LogP contribution is 2.11. The number of nitrogens with zero attached hydrogens (tertiary/aromatic N) is 2. The van der Waals surface area contributed by atoms with Crippen molar-refractivity contribution in [2.24, 2.45) is 0 Å². The number of aromatic nitrogens is 2. The number of hydrogen-bond acceptors (Lipinski definition) is 3. The lowest BCUT2D eigenvalue weighted by Crippen LogP contribution is -2.19. The first kappa shape index (κ1) is 14.6. The lowest BCUT2D eigenvalue weighted by Gasteiger charge is -2.08. The van der Waals surface area contributed by atoms with Gasteiger partial charge in [-0.15, -0.1) is 0 Å². The quantitative estimate of drug-likeness (QED) is 0.752. The molecule has 4 heteroatoms. The van der Waals surface area contributed by atoms with Crippen molar-refractivity contribution in [3.05, 3.63) is 48.0 Å². The van der Waals surface area contributed by atoms with Gasteiger partial charge in [0.05, 0.1) is 13.7 Å². The van der Waals surface area contributed by atoms with Crippen molar-refractivity contribution in [3.63, 3.8) is 0 Å². The smallest absolute Gasteiger partial charge is 0.122 e. The molecule has 1 aromatic carbocycles. The van der Waals surface area contributed by atoms with E-state index in [1.54, 1.807) is 7.11 Å². The SMILES string of the molecule is CCCn1ccnc1CNCCc1ccc(OC)cc1. The number of nitrogens with one attached hydrogen (secondary N) is 1. The minimum Gasteiger partial charge on any atom is -0.497 e. The Morgan fingerprint density at radius 2 is 2.05 bits per heavy atom. The summed E-state index contributed by atoms with van der Waals surface area (Å²) in [7, 11) is 1.69. The van der Waals surface area contributed by atoms with Gasteiger partial charge in [-0.1, -0.05) is 19.1 Å². The molecule has 0 aliphatic carbocycles. The van der Waals surface area contributed by atoms with E-state index in [1.165, 1.54) is 5.56 Å². The van der Waals surface area contributed by atoms with Gasteiger partial charge in [-0.05, 0) is 37.1 Å². The van der Waals surface area contributed by atoms with Crippen LogP contribution in [0.25, 0.3) is 0 Å². The first-order valence-corrected chi connectivity index (χ1v) is 7.17. The van der Waals surface area contributed by atoms with E-state index in [1.807, 2.05) is 24.5 Å². The zero-order valence-corrected chi connectivity index (χ0v) is 12.3. The first-order chi connectivity index (χ1) is 9.83. The molecule has 4 nitrogen and oxygen atoms in total. The summed E-state index contributed by atoms with van der Waals surface area (Å²) < 4.78 is 7.36. The summed E-state index contributed by atoms with van der Waals surface area (Å²) in [6, 6.07) is 8.23. The summed E-state index contributed by atoms with van der Waals surface area (Å²) in [5.41, 5.74) is 1.32. The van der Waals surface area contributed by atoms with E-state index in [9.17, 15) is 0 Å². The van der Waals surface area contributed by atoms with Crippen LogP contribution in [0.1, 0.15) is 24.7 Å². The molecule has 0 amide bonds. The lowest BCUT2D eigenvalue weighted by atomic mass is 10.1. The number of imidazole rings is 1. The predicted octanol–water partition coefficient (Wildman–Crippen LogP) is 2.63. The van der Waals surface area contributed by atoms with Gasteiger partial charge in [0.2, 0.25) is 0 Å². The molecule has 0 saturated carbocycles. The van der Waals surface area contributed by atoms with Gasteiger partial charge in [0.25, 0.3) is 0 Å². The van der Waals surface area contributed by atoms with Crippen LogP contribution in [0.3, 0.4) is 0 Å². The zero-order valence-electron chi connectivity index (χ0n) is 12.3. The van der Waals surface area contributed by atoms with Crippen LogP contribution >= 0.6 is 0 Å². The van der Waals surface area contributed by atoms with Crippen LogP contribution in [0.5, 0.6) is 5.75 Å². The van der Waals surface area contributed by atoms with E-state index in [0.29, 0.717) is 0 Å². The first-order valence-electron chi connectivity index (χ1n) is 7.17. The topological polar surface area (TPSA) is 39.1 Å². The van der Waals surface area contributed by atoms with E-state index >= 15 is 0 Å². The van der Waals surface area contributed by atoms with Gasteiger partial charge in [-0.3, -0.25) is 0 Å². The van der Waals surface area contributed by atoms with E-state index in [2.05, 4.69) is 33.9 Å². The molecule has 0 atom stereocenters. The Morgan fingerprint density at radius 3 is 2.75 bits per heavy atom. The molecule has 0 spiro atoms. The summed E-state index contributed by atoms with van der Waals surface area (Å²) in [6.45, 7) is 4.99. The zero-order chi connectivity index (χ0) is 14.2. The van der Waals surface area contributed by atoms with Gasteiger partial charge < -0.3 is 14.6 Å². The fourth-order valence-electron chi connectivity index (χ4n) is 2.18. The van der Waals surface area contributed by atoms with Gasteiger partial charge in [0.15, 0.2) is 0 Å². The maximum atomic E-state index is 5.15. The van der Waals surface area contributed by atoms with Gasteiger partial charge in [0, 0.05) is 18.9 Å². The van der Waals surface area contributed by atoms with E-state index in [0.717, 1.165) is 44.0 Å². The molecule has 1 heterocycles. The summed E-state index contributed by atoms with van der Waals surface area (Å²) in [4.78, 5) is 4.39. The van der Waals surface area contributed by atoms with E-state index in [4.69, 9.17) is 4.74 Å². The largest absolute Gasteiger partial charge is 0.497 e. The second kappa shape index (κ2) is 7.70. The molecule has 0 bridgehead atoms. The van der Waals surface area contributed by atoms with E-state index in [-0.39, 0.29) is 0 Å². The van der Waals surface area contributed by atoms with Crippen LogP contribution in [0.2, 0.25) is 0 Å². The number of methoxy groups -OCH3 is 1. The number of aryl methyl sites for hydroxylation is 1. The molecule has 0 radical (unpaired) electrons. The molecule has 0 aliphatic heterocycles. The summed E-state index contributed by atoms with van der Waals surface area (Å²) in [6.07, 6.45) is 6.06. The molecule has 20 heavy (non-hydrogen) atoms. The van der Waals surface area contributed by atoms with Crippen molar-refractivity contribution in [1.29, 1.82) is 0 Å². The molecular weight excluding hydrogens is 250 g/mol. The lowest BCUT2D eigenvalue weighted by molar-refractivity contribution is 0.414. The fourth-order valence-corrected chi connectivity index (χ4v) is 2.18. The van der Waals surface area contributed by atoms with Gasteiger partial charge in [-0.25, -0.2) is 4.98 Å². The highest BCUT2D eigenvalue weighted by Gasteiger charge is 2.01. The minimum atomic E-state index is 0.823. The van der Waals surface area contributed by atoms with Crippen molar-refractivity contribution in [3.8, 4) is 5.75 Å². The molecule has 2 rings (SSSR count). The minimum absolute atomic E-state index is 0.823. The van der Waals surface area contributed by atoms with Gasteiger partial charge in [-0.2, -0.15) is 0 Å². The van der Waals surface area contributed by atoms with Crippen molar-refractivity contribution in [2.75, 3.05) is 13.7 Å². The summed E-state index contributed by atoms with van der Waals surface area (Å²) >= 11 is 0. The second-order valence-electron chi connectivity index (χ2n) is 4.81. The Kier molecular flexibility index (Phi) is 5.62. The molecule has 2 aromatic rings. The average molecular weight is 273 g/mol. The van der Waals surface area contributed by atoms with Crippen molar-refractivity contribution >= 4 is 0 Å². The fraction of sp³-hybridized carbons (Fsp3) is 0.438. The molecule has 0 aliphatic rings. The van der Waals surface area contributed by atoms with Crippen LogP contribution in [-0.2, 0) is 19.5 Å². The maximum Gasteiger partial charge on any atom is 0.122 e. The Balaban J connectivity index is 1.74. The molecular formula is C16H23N3O. The Bertz CT molecular complexity index is 505. The molecule has 0 fully saturated rings. The number of benzene rings is 1. The molecule has 0 saturated heterocycles. The highest BCUT2D eigenvalue weighted by molar-refractivity contribution is 5.27. The van der Waals surface area contributed by atoms with E-state index < -0.39 is 0 Å². The summed E-state index contributed by atoms with van der Waals surface area (Å²) in [5, 5.41) is 3.45. The predicted molar refractivity (Wildman–Crippen MR) is 80.9 cm³/mol. The number of hydrogen-bond donors (Lipinski definition) is 1. The number of ether oxygens (including phenoxy) is 1. The highest BCUT2D eigenvalue weighted by atomic mass is 16.5. The Hall–Kier alpha value is -1.81. The van der Waals surface area contributed by atoms with Crippen LogP contribution in [0.15, 0.2) is 36.7 Å². The Labute approximate surface area is 120 Å². The standard InChI is InChI=1S/C16H23N3O/c1-3-11-19-12-10-18-16(19)13-17-9-8-14-4-6-15(20-2)7-5-14/h4-7,10,12,17H,3,8-9,11,13H2,1-2H3. The van der Waals surface area contributed by atoms with Gasteiger partial charge in [0.1, 0.15) is 11.6 Å². The average Bonchev–Trinajstić information content (AvgIpc) is 2.92. The van der Waals surface area contributed by atoms with Crippen LogP contribution < -0.4 is 10.1 Å². The van der Waals surface area contributed by atoms with Crippen LogP contribution in [0, 0.1) is 0 Å². The number of rotatable bonds is 8. The molecule has 0 unspecified atom stereocenters. The third kappa shape index (κ3) is 4.10. The Morgan fingerprint density at radius 1 is 1.25 bits per heavy atom. The van der Waals surface area contributed by atoms with Crippen molar-refractivity contribution in [2.45, 2.75) is 32.9 Å². The van der Waals surface area contributed by atoms with Crippen molar-refractivity contribution < 1.29 is 4.74 Å².